The Bertz CT molecular complexity index is 804. The number of rotatable bonds is 10. The Labute approximate surface area is 179 Å². The van der Waals surface area contributed by atoms with Crippen molar-refractivity contribution in [1.29, 1.82) is 0 Å². The maximum absolute atomic E-state index is 5.23. The molecule has 162 valence electrons. The molecular weight excluding hydrogens is 376 g/mol. The first-order valence-electron chi connectivity index (χ1n) is 11.2. The van der Waals surface area contributed by atoms with E-state index in [-0.39, 0.29) is 0 Å². The molecule has 2 heterocycles. The van der Waals surface area contributed by atoms with Gasteiger partial charge in [-0.2, -0.15) is 0 Å². The van der Waals surface area contributed by atoms with E-state index in [1.54, 1.807) is 13.4 Å². The monoisotopic (exact) mass is 410 g/mol. The minimum absolute atomic E-state index is 0.399. The van der Waals surface area contributed by atoms with Crippen LogP contribution in [0.1, 0.15) is 45.4 Å². The van der Waals surface area contributed by atoms with E-state index in [0.29, 0.717) is 18.1 Å². The van der Waals surface area contributed by atoms with Crippen LogP contribution in [0.15, 0.2) is 30.7 Å². The zero-order valence-electron chi connectivity index (χ0n) is 18.1. The first-order chi connectivity index (χ1) is 14.7. The summed E-state index contributed by atoms with van der Waals surface area (Å²) < 4.78 is 5.23. The molecule has 0 saturated heterocycles. The van der Waals surface area contributed by atoms with Crippen LogP contribution in [0.3, 0.4) is 0 Å². The van der Waals surface area contributed by atoms with E-state index in [2.05, 4.69) is 43.9 Å². The summed E-state index contributed by atoms with van der Waals surface area (Å²) in [5, 5.41) is 10.8. The molecular formula is C23H34N6O. The second-order valence-corrected chi connectivity index (χ2v) is 8.76. The molecule has 1 atom stereocenters. The summed E-state index contributed by atoms with van der Waals surface area (Å²) in [4.78, 5) is 13.4. The van der Waals surface area contributed by atoms with Crippen molar-refractivity contribution in [1.82, 2.24) is 20.3 Å². The number of nitrogens with one attached hydrogen (secondary N) is 3. The van der Waals surface area contributed by atoms with Gasteiger partial charge >= 0.3 is 0 Å². The molecule has 3 N–H and O–H groups in total. The number of ether oxygens (including phenoxy) is 1. The van der Waals surface area contributed by atoms with Gasteiger partial charge in [-0.25, -0.2) is 9.97 Å². The number of methoxy groups -OCH3 is 1. The van der Waals surface area contributed by atoms with E-state index in [4.69, 9.17) is 4.74 Å². The highest BCUT2D eigenvalue weighted by atomic mass is 16.5. The summed E-state index contributed by atoms with van der Waals surface area (Å²) in [6.07, 6.45) is 10.8. The Balaban J connectivity index is 1.31. The topological polar surface area (TPSA) is 84.0 Å². The number of pyridine rings is 1. The molecule has 2 aliphatic carbocycles. The van der Waals surface area contributed by atoms with Crippen molar-refractivity contribution >= 4 is 11.5 Å². The Morgan fingerprint density at radius 3 is 2.53 bits per heavy atom. The highest BCUT2D eigenvalue weighted by Crippen LogP contribution is 2.29. The summed E-state index contributed by atoms with van der Waals surface area (Å²) in [6, 6.07) is 7.53. The molecule has 2 aliphatic rings. The van der Waals surface area contributed by atoms with Gasteiger partial charge in [0.1, 0.15) is 12.1 Å². The average molecular weight is 411 g/mol. The van der Waals surface area contributed by atoms with Gasteiger partial charge in [0.05, 0.1) is 18.0 Å². The number of hydrogen-bond acceptors (Lipinski definition) is 7. The van der Waals surface area contributed by atoms with Gasteiger partial charge in [-0.15, -0.1) is 0 Å². The van der Waals surface area contributed by atoms with Crippen molar-refractivity contribution in [3.05, 3.63) is 30.7 Å². The van der Waals surface area contributed by atoms with Crippen LogP contribution in [0, 0.1) is 5.92 Å². The predicted molar refractivity (Wildman–Crippen MR) is 121 cm³/mol. The van der Waals surface area contributed by atoms with Gasteiger partial charge in [0.2, 0.25) is 0 Å². The van der Waals surface area contributed by atoms with Crippen molar-refractivity contribution in [2.24, 2.45) is 5.92 Å². The molecule has 0 spiro atoms. The van der Waals surface area contributed by atoms with Gasteiger partial charge in [-0.05, 0) is 63.5 Å². The molecule has 2 aromatic rings. The van der Waals surface area contributed by atoms with Crippen LogP contribution in [0.5, 0.6) is 0 Å². The molecule has 30 heavy (non-hydrogen) atoms. The number of nitrogens with zero attached hydrogens (tertiary/aromatic N) is 3. The van der Waals surface area contributed by atoms with Crippen LogP contribution in [0.2, 0.25) is 0 Å². The summed E-state index contributed by atoms with van der Waals surface area (Å²) in [5.74, 6) is 1.72. The lowest BCUT2D eigenvalue weighted by molar-refractivity contribution is 0.161. The molecule has 0 amide bonds. The third-order valence-electron chi connectivity index (χ3n) is 6.00. The van der Waals surface area contributed by atoms with Gasteiger partial charge in [0.25, 0.3) is 0 Å². The minimum Gasteiger partial charge on any atom is -0.385 e. The first-order valence-corrected chi connectivity index (χ1v) is 11.2. The largest absolute Gasteiger partial charge is 0.385 e. The summed E-state index contributed by atoms with van der Waals surface area (Å²) >= 11 is 0. The number of hydrogen-bond donors (Lipinski definition) is 3. The molecule has 7 nitrogen and oxygen atoms in total. The zero-order chi connectivity index (χ0) is 20.8. The highest BCUT2D eigenvalue weighted by Gasteiger charge is 2.23. The lowest BCUT2D eigenvalue weighted by Gasteiger charge is -2.31. The van der Waals surface area contributed by atoms with E-state index in [1.807, 2.05) is 18.3 Å². The second kappa shape index (κ2) is 10.2. The highest BCUT2D eigenvalue weighted by molar-refractivity contribution is 5.63. The second-order valence-electron chi connectivity index (χ2n) is 8.76. The Morgan fingerprint density at radius 1 is 1.00 bits per heavy atom. The van der Waals surface area contributed by atoms with Gasteiger partial charge in [-0.1, -0.05) is 0 Å². The molecule has 0 aromatic carbocycles. The molecule has 2 aromatic heterocycles. The Kier molecular flexibility index (Phi) is 7.12. The zero-order valence-corrected chi connectivity index (χ0v) is 18.1. The van der Waals surface area contributed by atoms with E-state index in [0.717, 1.165) is 54.8 Å². The van der Waals surface area contributed by atoms with E-state index >= 15 is 0 Å². The first kappa shape index (κ1) is 21.0. The van der Waals surface area contributed by atoms with Crippen LogP contribution in [0.4, 0.5) is 11.5 Å². The maximum Gasteiger partial charge on any atom is 0.130 e. The van der Waals surface area contributed by atoms with Crippen LogP contribution in [-0.4, -0.2) is 53.3 Å². The molecule has 0 aliphatic heterocycles. The van der Waals surface area contributed by atoms with Crippen LogP contribution < -0.4 is 16.0 Å². The molecule has 0 radical (unpaired) electrons. The predicted octanol–water partition coefficient (Wildman–Crippen LogP) is 3.71. The van der Waals surface area contributed by atoms with E-state index in [1.165, 1.54) is 25.7 Å². The fourth-order valence-electron chi connectivity index (χ4n) is 4.16. The molecule has 0 bridgehead atoms. The van der Waals surface area contributed by atoms with Gasteiger partial charge in [0, 0.05) is 49.7 Å². The molecule has 2 saturated carbocycles. The number of anilines is 2. The van der Waals surface area contributed by atoms with Crippen molar-refractivity contribution in [3.8, 4) is 11.4 Å². The third kappa shape index (κ3) is 6.12. The van der Waals surface area contributed by atoms with Crippen molar-refractivity contribution in [2.75, 3.05) is 30.9 Å². The smallest absolute Gasteiger partial charge is 0.130 e. The average Bonchev–Trinajstić information content (AvgIpc) is 3.59. The summed E-state index contributed by atoms with van der Waals surface area (Å²) in [7, 11) is 1.76. The van der Waals surface area contributed by atoms with Gasteiger partial charge in [0.15, 0.2) is 0 Å². The van der Waals surface area contributed by atoms with E-state index in [9.17, 15) is 0 Å². The van der Waals surface area contributed by atoms with Gasteiger partial charge in [-0.3, -0.25) is 4.98 Å². The van der Waals surface area contributed by atoms with Crippen LogP contribution in [0.25, 0.3) is 11.4 Å². The van der Waals surface area contributed by atoms with Crippen molar-refractivity contribution in [2.45, 2.75) is 63.6 Å². The standard InChI is InChI=1S/C23H34N6O/c1-16(14-30-2)28-18-5-7-19(8-6-18)29-23-12-22(26-15-27-23)21-11-20(9-10-24-21)25-13-17-3-4-17/h9-12,15-19,28H,3-8,13-14H2,1-2H3,(H,24,25)(H,26,27,29). The summed E-state index contributed by atoms with van der Waals surface area (Å²) in [5.41, 5.74) is 2.83. The minimum atomic E-state index is 0.399. The molecule has 2 fully saturated rings. The third-order valence-corrected chi connectivity index (χ3v) is 6.00. The maximum atomic E-state index is 5.23. The van der Waals surface area contributed by atoms with E-state index < -0.39 is 0 Å². The normalized spacial score (nSPS) is 22.5. The Morgan fingerprint density at radius 2 is 1.77 bits per heavy atom. The lowest BCUT2D eigenvalue weighted by atomic mass is 9.90. The van der Waals surface area contributed by atoms with Crippen molar-refractivity contribution in [3.63, 3.8) is 0 Å². The Hall–Kier alpha value is -2.25. The van der Waals surface area contributed by atoms with Crippen LogP contribution in [-0.2, 0) is 4.74 Å². The molecule has 4 rings (SSSR count). The fraction of sp³-hybridized carbons (Fsp3) is 0.609. The quantitative estimate of drug-likeness (QED) is 0.551. The fourth-order valence-corrected chi connectivity index (χ4v) is 4.16. The summed E-state index contributed by atoms with van der Waals surface area (Å²) in [6.45, 7) is 3.98. The van der Waals surface area contributed by atoms with Gasteiger partial charge < -0.3 is 20.7 Å². The SMILES string of the molecule is COCC(C)NC1CCC(Nc2cc(-c3cc(NCC4CC4)ccn3)ncn2)CC1. The molecule has 1 unspecified atom stereocenters. The molecule has 7 heteroatoms. The lowest BCUT2D eigenvalue weighted by Crippen LogP contribution is -2.42. The van der Waals surface area contributed by atoms with Crippen LogP contribution >= 0.6 is 0 Å². The van der Waals surface area contributed by atoms with Crippen molar-refractivity contribution < 1.29 is 4.74 Å². The number of aromatic nitrogens is 3.